The Bertz CT molecular complexity index is 610. The van der Waals surface area contributed by atoms with Crippen molar-refractivity contribution in [2.45, 2.75) is 39.3 Å². The Balaban J connectivity index is 2.30. The van der Waals surface area contributed by atoms with Crippen LogP contribution in [0.1, 0.15) is 36.8 Å². The molecule has 2 rings (SSSR count). The number of nitrogens with one attached hydrogen (secondary N) is 1. The molecule has 2 aromatic rings. The fourth-order valence-corrected chi connectivity index (χ4v) is 2.86. The molecule has 0 radical (unpaired) electrons. The molecule has 0 saturated heterocycles. The largest absolute Gasteiger partial charge is 0.313 e. The number of hydrogen-bond acceptors (Lipinski definition) is 2. The van der Waals surface area contributed by atoms with E-state index in [1.165, 1.54) is 6.07 Å². The van der Waals surface area contributed by atoms with Gasteiger partial charge in [0, 0.05) is 34.7 Å². The Kier molecular flexibility index (Phi) is 5.53. The van der Waals surface area contributed by atoms with Crippen LogP contribution in [0, 0.1) is 5.82 Å². The predicted molar refractivity (Wildman–Crippen MR) is 86.9 cm³/mol. The van der Waals surface area contributed by atoms with Crippen LogP contribution in [0.15, 0.2) is 28.7 Å². The summed E-state index contributed by atoms with van der Waals surface area (Å²) in [6, 6.07) is 7.09. The van der Waals surface area contributed by atoms with E-state index in [2.05, 4.69) is 46.3 Å². The van der Waals surface area contributed by atoms with Crippen LogP contribution in [0.5, 0.6) is 0 Å². The van der Waals surface area contributed by atoms with Gasteiger partial charge in [0.05, 0.1) is 5.69 Å². The lowest BCUT2D eigenvalue weighted by atomic mass is 10.0. The maximum Gasteiger partial charge on any atom is 0.128 e. The van der Waals surface area contributed by atoms with Gasteiger partial charge < -0.3 is 5.32 Å². The van der Waals surface area contributed by atoms with Crippen molar-refractivity contribution in [2.24, 2.45) is 0 Å². The topological polar surface area (TPSA) is 29.9 Å². The minimum absolute atomic E-state index is 0.0748. The molecule has 0 fully saturated rings. The predicted octanol–water partition coefficient (Wildman–Crippen LogP) is 3.87. The van der Waals surface area contributed by atoms with Crippen molar-refractivity contribution in [3.63, 3.8) is 0 Å². The van der Waals surface area contributed by atoms with Crippen molar-refractivity contribution in [1.82, 2.24) is 15.1 Å². The molecule has 1 aromatic carbocycles. The van der Waals surface area contributed by atoms with Crippen LogP contribution in [0.2, 0.25) is 0 Å². The summed E-state index contributed by atoms with van der Waals surface area (Å²) in [5, 5.41) is 7.77. The molecule has 21 heavy (non-hydrogen) atoms. The van der Waals surface area contributed by atoms with E-state index >= 15 is 0 Å². The molecular weight excluding hydrogens is 333 g/mol. The first kappa shape index (κ1) is 16.2. The summed E-state index contributed by atoms with van der Waals surface area (Å²) in [6.07, 6.45) is 1.63. The molecule has 0 spiro atoms. The van der Waals surface area contributed by atoms with Gasteiger partial charge in [-0.1, -0.05) is 22.9 Å². The summed E-state index contributed by atoms with van der Waals surface area (Å²) in [7, 11) is 1.86. The average Bonchev–Trinajstić information content (AvgIpc) is 2.89. The summed E-state index contributed by atoms with van der Waals surface area (Å²) in [5.41, 5.74) is 2.89. The summed E-state index contributed by atoms with van der Waals surface area (Å²) >= 11 is 3.41. The number of aryl methyl sites for hydroxylation is 2. The molecule has 5 heteroatoms. The highest BCUT2D eigenvalue weighted by Gasteiger charge is 2.18. The maximum atomic E-state index is 14.1. The molecule has 1 N–H and O–H groups in total. The lowest BCUT2D eigenvalue weighted by Gasteiger charge is -2.18. The quantitative estimate of drug-likeness (QED) is 0.854. The highest BCUT2D eigenvalue weighted by Crippen LogP contribution is 2.25. The van der Waals surface area contributed by atoms with Gasteiger partial charge in [0.25, 0.3) is 0 Å². The van der Waals surface area contributed by atoms with E-state index < -0.39 is 0 Å². The number of rotatable bonds is 6. The van der Waals surface area contributed by atoms with Crippen molar-refractivity contribution in [3.05, 3.63) is 51.5 Å². The van der Waals surface area contributed by atoms with E-state index in [1.807, 2.05) is 17.8 Å². The molecule has 3 nitrogen and oxygen atoms in total. The lowest BCUT2D eigenvalue weighted by molar-refractivity contribution is 0.510. The van der Waals surface area contributed by atoms with Gasteiger partial charge in [-0.2, -0.15) is 5.10 Å². The van der Waals surface area contributed by atoms with E-state index in [9.17, 15) is 4.39 Å². The second kappa shape index (κ2) is 7.18. The molecule has 0 amide bonds. The van der Waals surface area contributed by atoms with E-state index in [4.69, 9.17) is 0 Å². The molecule has 114 valence electrons. The number of benzene rings is 1. The van der Waals surface area contributed by atoms with E-state index in [-0.39, 0.29) is 11.9 Å². The zero-order chi connectivity index (χ0) is 15.4. The van der Waals surface area contributed by atoms with E-state index in [1.54, 1.807) is 6.07 Å². The highest BCUT2D eigenvalue weighted by molar-refractivity contribution is 9.10. The molecule has 1 atom stereocenters. The Labute approximate surface area is 133 Å². The molecule has 0 bridgehead atoms. The zero-order valence-corrected chi connectivity index (χ0v) is 14.2. The van der Waals surface area contributed by atoms with Crippen molar-refractivity contribution in [3.8, 4) is 0 Å². The smallest absolute Gasteiger partial charge is 0.128 e. The summed E-state index contributed by atoms with van der Waals surface area (Å²) in [5.74, 6) is -0.184. The van der Waals surface area contributed by atoms with Crippen LogP contribution >= 0.6 is 15.9 Å². The maximum absolute atomic E-state index is 14.1. The van der Waals surface area contributed by atoms with Gasteiger partial charge in [-0.05, 0) is 44.7 Å². The Morgan fingerprint density at radius 3 is 2.71 bits per heavy atom. The second-order valence-electron chi connectivity index (χ2n) is 5.01. The van der Waals surface area contributed by atoms with E-state index in [0.29, 0.717) is 12.0 Å². The fraction of sp³-hybridized carbons (Fsp3) is 0.438. The third kappa shape index (κ3) is 3.71. The first-order valence-electron chi connectivity index (χ1n) is 7.26. The number of aromatic nitrogens is 2. The number of nitrogens with zero attached hydrogens (tertiary/aromatic N) is 2. The Morgan fingerprint density at radius 2 is 2.10 bits per heavy atom. The van der Waals surface area contributed by atoms with Gasteiger partial charge in [0.15, 0.2) is 0 Å². The number of hydrogen-bond donors (Lipinski definition) is 1. The summed E-state index contributed by atoms with van der Waals surface area (Å²) in [6.45, 7) is 4.99. The molecule has 0 aliphatic rings. The Hall–Kier alpha value is -1.20. The molecule has 0 saturated carbocycles. The summed E-state index contributed by atoms with van der Waals surface area (Å²) in [4.78, 5) is 0. The number of likely N-dealkylation sites (N-methyl/N-ethyl adjacent to an activating group) is 1. The van der Waals surface area contributed by atoms with Crippen LogP contribution in [-0.4, -0.2) is 16.8 Å². The molecule has 0 aliphatic carbocycles. The second-order valence-corrected chi connectivity index (χ2v) is 5.92. The van der Waals surface area contributed by atoms with Gasteiger partial charge in [-0.3, -0.25) is 4.68 Å². The standard InChI is InChI=1S/C16H21BrFN3/c1-4-12-9-13(21(5-2)20-12)10-16(19-3)14-8-11(17)6-7-15(14)18/h6-9,16,19H,4-5,10H2,1-3H3. The first-order valence-corrected chi connectivity index (χ1v) is 8.06. The van der Waals surface area contributed by atoms with Gasteiger partial charge >= 0.3 is 0 Å². The first-order chi connectivity index (χ1) is 10.1. The third-order valence-electron chi connectivity index (χ3n) is 3.67. The molecule has 0 aliphatic heterocycles. The molecular formula is C16H21BrFN3. The minimum atomic E-state index is -0.184. The SMILES string of the molecule is CCc1cc(CC(NC)c2cc(Br)ccc2F)n(CC)n1. The third-order valence-corrected chi connectivity index (χ3v) is 4.16. The van der Waals surface area contributed by atoms with Crippen LogP contribution < -0.4 is 5.32 Å². The number of halogens is 2. The van der Waals surface area contributed by atoms with Gasteiger partial charge in [0.1, 0.15) is 5.82 Å². The van der Waals surface area contributed by atoms with Gasteiger partial charge in [-0.15, -0.1) is 0 Å². The van der Waals surface area contributed by atoms with Gasteiger partial charge in [-0.25, -0.2) is 4.39 Å². The molecule has 1 aromatic heterocycles. The monoisotopic (exact) mass is 353 g/mol. The van der Waals surface area contributed by atoms with Gasteiger partial charge in [0.2, 0.25) is 0 Å². The normalized spacial score (nSPS) is 12.6. The molecule has 1 unspecified atom stereocenters. The van der Waals surface area contributed by atoms with Crippen molar-refractivity contribution >= 4 is 15.9 Å². The van der Waals surface area contributed by atoms with Crippen molar-refractivity contribution in [2.75, 3.05) is 7.05 Å². The lowest BCUT2D eigenvalue weighted by Crippen LogP contribution is -2.21. The van der Waals surface area contributed by atoms with Crippen LogP contribution in [0.25, 0.3) is 0 Å². The van der Waals surface area contributed by atoms with Crippen LogP contribution in [0.4, 0.5) is 4.39 Å². The van der Waals surface area contributed by atoms with Crippen molar-refractivity contribution < 1.29 is 4.39 Å². The Morgan fingerprint density at radius 1 is 1.33 bits per heavy atom. The van der Waals surface area contributed by atoms with E-state index in [0.717, 1.165) is 28.8 Å². The minimum Gasteiger partial charge on any atom is -0.313 e. The molecule has 1 heterocycles. The highest BCUT2D eigenvalue weighted by atomic mass is 79.9. The fourth-order valence-electron chi connectivity index (χ4n) is 2.48. The van der Waals surface area contributed by atoms with Crippen LogP contribution in [-0.2, 0) is 19.4 Å². The zero-order valence-electron chi connectivity index (χ0n) is 12.7. The van der Waals surface area contributed by atoms with Crippen molar-refractivity contribution in [1.29, 1.82) is 0 Å². The average molecular weight is 354 g/mol. The summed E-state index contributed by atoms with van der Waals surface area (Å²) < 4.78 is 17.0. The van der Waals surface area contributed by atoms with Crippen LogP contribution in [0.3, 0.4) is 0 Å².